The zero-order chi connectivity index (χ0) is 19.9. The van der Waals surface area contributed by atoms with Crippen LogP contribution in [0.5, 0.6) is 0 Å². The number of hydrogen-bond donors (Lipinski definition) is 0. The molecule has 1 fully saturated rings. The maximum absolute atomic E-state index is 12.9. The average molecular weight is 386 g/mol. The van der Waals surface area contributed by atoms with Crippen molar-refractivity contribution in [1.29, 1.82) is 0 Å². The summed E-state index contributed by atoms with van der Waals surface area (Å²) in [6.45, 7) is 0.891. The minimum Gasteiger partial charge on any atom is -0.467 e. The number of hydrogen-bond acceptors (Lipinski definition) is 7. The van der Waals surface area contributed by atoms with Gasteiger partial charge in [0.2, 0.25) is 0 Å². The highest BCUT2D eigenvalue weighted by molar-refractivity contribution is 5.86. The van der Waals surface area contributed by atoms with Crippen molar-refractivity contribution < 1.29 is 33.3 Å². The second-order valence-corrected chi connectivity index (χ2v) is 6.02. The molecule has 148 valence electrons. The van der Waals surface area contributed by atoms with Gasteiger partial charge in [0.25, 0.3) is 6.48 Å². The van der Waals surface area contributed by atoms with Gasteiger partial charge in [-0.05, 0) is 18.1 Å². The van der Waals surface area contributed by atoms with Crippen LogP contribution >= 0.6 is 0 Å². The van der Waals surface area contributed by atoms with Crippen LogP contribution in [0.1, 0.15) is 24.2 Å². The molecule has 0 aromatic heterocycles. The van der Waals surface area contributed by atoms with E-state index in [4.69, 9.17) is 23.7 Å². The smallest absolute Gasteiger partial charge is 0.339 e. The van der Waals surface area contributed by atoms with Crippen molar-refractivity contribution in [3.05, 3.63) is 71.8 Å². The Bertz CT molecular complexity index is 738. The molecule has 3 atom stereocenters. The molecule has 7 nitrogen and oxygen atoms in total. The molecule has 28 heavy (non-hydrogen) atoms. The number of rotatable bonds is 7. The van der Waals surface area contributed by atoms with Gasteiger partial charge in [0.05, 0.1) is 7.11 Å². The third-order valence-corrected chi connectivity index (χ3v) is 4.20. The monoisotopic (exact) mass is 386 g/mol. The molecule has 2 aromatic carbocycles. The van der Waals surface area contributed by atoms with Crippen molar-refractivity contribution in [2.24, 2.45) is 0 Å². The number of carbonyl (C=O) groups is 2. The van der Waals surface area contributed by atoms with Gasteiger partial charge in [-0.15, -0.1) is 0 Å². The van der Waals surface area contributed by atoms with Crippen LogP contribution in [0.25, 0.3) is 0 Å². The molecule has 0 spiro atoms. The van der Waals surface area contributed by atoms with Crippen molar-refractivity contribution in [2.75, 3.05) is 13.7 Å². The van der Waals surface area contributed by atoms with E-state index in [1.165, 1.54) is 7.11 Å². The van der Waals surface area contributed by atoms with Gasteiger partial charge in [-0.2, -0.15) is 0 Å². The lowest BCUT2D eigenvalue weighted by Crippen LogP contribution is -2.39. The first-order valence-corrected chi connectivity index (χ1v) is 8.94. The molecule has 0 N–H and O–H groups in total. The number of ether oxygens (including phenoxy) is 5. The highest BCUT2D eigenvalue weighted by Gasteiger charge is 2.48. The quantitative estimate of drug-likeness (QED) is 0.677. The van der Waals surface area contributed by atoms with Gasteiger partial charge < -0.3 is 23.7 Å². The average Bonchev–Trinajstić information content (AvgIpc) is 3.17. The van der Waals surface area contributed by atoms with Gasteiger partial charge in [-0.1, -0.05) is 60.7 Å². The summed E-state index contributed by atoms with van der Waals surface area (Å²) in [6, 6.07) is 18.6. The van der Waals surface area contributed by atoms with E-state index >= 15 is 0 Å². The molecule has 3 rings (SSSR count). The van der Waals surface area contributed by atoms with Crippen molar-refractivity contribution in [3.8, 4) is 0 Å². The topological polar surface area (TPSA) is 80.3 Å². The summed E-state index contributed by atoms with van der Waals surface area (Å²) in [5.74, 6) is -1.48. The lowest BCUT2D eigenvalue weighted by molar-refractivity contribution is -0.242. The summed E-state index contributed by atoms with van der Waals surface area (Å²) in [5, 5.41) is 0. The van der Waals surface area contributed by atoms with E-state index in [1.54, 1.807) is 6.92 Å². The van der Waals surface area contributed by atoms with Crippen LogP contribution < -0.4 is 0 Å². The SMILES string of the molecule is CCOC1O[C@H](C(=O)OC)[C@@H](C(=O)OC(c2ccccc2)c2ccccc2)O1. The number of benzene rings is 2. The molecular formula is C21H22O7. The molecule has 0 radical (unpaired) electrons. The van der Waals surface area contributed by atoms with E-state index in [0.717, 1.165) is 11.1 Å². The van der Waals surface area contributed by atoms with Crippen LogP contribution in [0.2, 0.25) is 0 Å². The number of methoxy groups -OCH3 is 1. The summed E-state index contributed by atoms with van der Waals surface area (Å²) < 4.78 is 26.5. The summed E-state index contributed by atoms with van der Waals surface area (Å²) in [4.78, 5) is 24.9. The van der Waals surface area contributed by atoms with E-state index in [2.05, 4.69) is 0 Å². The van der Waals surface area contributed by atoms with Crippen LogP contribution in [0.3, 0.4) is 0 Å². The second kappa shape index (κ2) is 9.45. The summed E-state index contributed by atoms with van der Waals surface area (Å²) >= 11 is 0. The van der Waals surface area contributed by atoms with E-state index in [-0.39, 0.29) is 6.61 Å². The second-order valence-electron chi connectivity index (χ2n) is 6.02. The fraction of sp³-hybridized carbons (Fsp3) is 0.333. The number of carbonyl (C=O) groups excluding carboxylic acids is 2. The fourth-order valence-electron chi connectivity index (χ4n) is 2.87. The van der Waals surface area contributed by atoms with Gasteiger partial charge in [0.15, 0.2) is 18.3 Å². The number of esters is 2. The van der Waals surface area contributed by atoms with Crippen LogP contribution in [0, 0.1) is 0 Å². The Morgan fingerprint density at radius 3 is 1.86 bits per heavy atom. The third-order valence-electron chi connectivity index (χ3n) is 4.20. The maximum atomic E-state index is 12.9. The van der Waals surface area contributed by atoms with Crippen LogP contribution in [0.4, 0.5) is 0 Å². The molecule has 0 amide bonds. The Hall–Kier alpha value is -2.74. The first-order chi connectivity index (χ1) is 13.6. The molecule has 1 heterocycles. The predicted molar refractivity (Wildman–Crippen MR) is 98.0 cm³/mol. The first kappa shape index (κ1) is 20.0. The van der Waals surface area contributed by atoms with Gasteiger partial charge >= 0.3 is 11.9 Å². The van der Waals surface area contributed by atoms with Gasteiger partial charge in [0, 0.05) is 6.61 Å². The van der Waals surface area contributed by atoms with E-state index in [1.807, 2.05) is 60.7 Å². The Balaban J connectivity index is 1.83. The summed E-state index contributed by atoms with van der Waals surface area (Å²) in [6.07, 6.45) is -3.22. The van der Waals surface area contributed by atoms with E-state index < -0.39 is 36.7 Å². The summed E-state index contributed by atoms with van der Waals surface area (Å²) in [7, 11) is 1.21. The third kappa shape index (κ3) is 4.56. The van der Waals surface area contributed by atoms with Crippen molar-refractivity contribution in [3.63, 3.8) is 0 Å². The van der Waals surface area contributed by atoms with Gasteiger partial charge in [0.1, 0.15) is 0 Å². The van der Waals surface area contributed by atoms with Crippen LogP contribution in [-0.2, 0) is 33.3 Å². The predicted octanol–water partition coefficient (Wildman–Crippen LogP) is 2.60. The van der Waals surface area contributed by atoms with Crippen LogP contribution in [-0.4, -0.2) is 44.3 Å². The molecule has 1 saturated heterocycles. The minimum absolute atomic E-state index is 0.289. The molecular weight excluding hydrogens is 364 g/mol. The fourth-order valence-corrected chi connectivity index (χ4v) is 2.87. The van der Waals surface area contributed by atoms with E-state index in [9.17, 15) is 9.59 Å². The Labute approximate surface area is 163 Å². The molecule has 1 aliphatic rings. The molecule has 0 bridgehead atoms. The Morgan fingerprint density at radius 2 is 1.39 bits per heavy atom. The largest absolute Gasteiger partial charge is 0.467 e. The minimum atomic E-state index is -1.29. The molecule has 2 aromatic rings. The lowest BCUT2D eigenvalue weighted by Gasteiger charge is -2.21. The lowest BCUT2D eigenvalue weighted by atomic mass is 10.0. The Kier molecular flexibility index (Phi) is 6.76. The Morgan fingerprint density at radius 1 is 0.893 bits per heavy atom. The molecule has 1 unspecified atom stereocenters. The molecule has 0 aliphatic carbocycles. The first-order valence-electron chi connectivity index (χ1n) is 8.94. The van der Waals surface area contributed by atoms with Gasteiger partial charge in [-0.25, -0.2) is 9.59 Å². The van der Waals surface area contributed by atoms with Crippen molar-refractivity contribution in [2.45, 2.75) is 31.7 Å². The standard InChI is InChI=1S/C21H22O7/c1-3-25-21-27-17(19(22)24-2)18(28-21)20(23)26-16(14-10-6-4-7-11-14)15-12-8-5-9-13-15/h4-13,16-18,21H,3H2,1-2H3/t17-,18-,21?/m0/s1. The normalized spacial score (nSPS) is 21.5. The zero-order valence-corrected chi connectivity index (χ0v) is 15.6. The maximum Gasteiger partial charge on any atom is 0.339 e. The summed E-state index contributed by atoms with van der Waals surface area (Å²) in [5.41, 5.74) is 1.58. The van der Waals surface area contributed by atoms with Gasteiger partial charge in [-0.3, -0.25) is 0 Å². The molecule has 1 aliphatic heterocycles. The highest BCUT2D eigenvalue weighted by atomic mass is 16.9. The van der Waals surface area contributed by atoms with Crippen molar-refractivity contribution >= 4 is 11.9 Å². The zero-order valence-electron chi connectivity index (χ0n) is 15.6. The highest BCUT2D eigenvalue weighted by Crippen LogP contribution is 2.29. The van der Waals surface area contributed by atoms with E-state index in [0.29, 0.717) is 0 Å². The molecule has 0 saturated carbocycles. The van der Waals surface area contributed by atoms with Crippen LogP contribution in [0.15, 0.2) is 60.7 Å². The van der Waals surface area contributed by atoms with Crippen molar-refractivity contribution in [1.82, 2.24) is 0 Å². The molecule has 7 heteroatoms.